The Morgan fingerprint density at radius 3 is 0.556 bits per heavy atom. The minimum absolute atomic E-state index is 0.0623. The first kappa shape index (κ1) is 70.4. The van der Waals surface area contributed by atoms with Crippen molar-refractivity contribution in [1.29, 1.82) is 0 Å². The Kier molecular flexibility index (Phi) is 60.6. The summed E-state index contributed by atoms with van der Waals surface area (Å²) in [5.74, 6) is -0.845. The third-order valence-electron chi connectivity index (χ3n) is 15.4. The molecular weight excluding hydrogens is 889 g/mol. The van der Waals surface area contributed by atoms with Gasteiger partial charge in [-0.3, -0.25) is 14.4 Å². The molecule has 1 atom stereocenters. The number of carbonyl (C=O) groups excluding carboxylic acids is 3. The highest BCUT2D eigenvalue weighted by atomic mass is 16.6. The van der Waals surface area contributed by atoms with Gasteiger partial charge in [0.2, 0.25) is 0 Å². The molecule has 1 unspecified atom stereocenters. The maximum Gasteiger partial charge on any atom is 0.306 e. The molecule has 0 aliphatic rings. The van der Waals surface area contributed by atoms with Crippen LogP contribution in [0, 0.1) is 0 Å². The molecule has 0 aromatic rings. The van der Waals surface area contributed by atoms with E-state index in [-0.39, 0.29) is 31.1 Å². The van der Waals surface area contributed by atoms with Crippen LogP contribution in [-0.2, 0) is 28.6 Å². The van der Waals surface area contributed by atoms with E-state index in [1.807, 2.05) is 0 Å². The van der Waals surface area contributed by atoms with Crippen LogP contribution >= 0.6 is 0 Å². The van der Waals surface area contributed by atoms with E-state index in [9.17, 15) is 14.4 Å². The summed E-state index contributed by atoms with van der Waals surface area (Å²) in [7, 11) is 0. The molecule has 0 N–H and O–H groups in total. The van der Waals surface area contributed by atoms with Gasteiger partial charge in [0.15, 0.2) is 6.10 Å². The third kappa shape index (κ3) is 59.3. The lowest BCUT2D eigenvalue weighted by atomic mass is 10.0. The molecule has 0 heterocycles. The van der Waals surface area contributed by atoms with Crippen molar-refractivity contribution in [1.82, 2.24) is 0 Å². The van der Waals surface area contributed by atoms with E-state index in [0.29, 0.717) is 19.3 Å². The zero-order valence-electron chi connectivity index (χ0n) is 49.2. The number of esters is 3. The average Bonchev–Trinajstić information content (AvgIpc) is 3.38. The summed E-state index contributed by atoms with van der Waals surface area (Å²) in [5, 5.41) is 0. The first-order valence-corrected chi connectivity index (χ1v) is 33.0. The van der Waals surface area contributed by atoms with Crippen LogP contribution in [0.5, 0.6) is 0 Å². The van der Waals surface area contributed by atoms with Crippen molar-refractivity contribution >= 4 is 17.9 Å². The van der Waals surface area contributed by atoms with Crippen LogP contribution in [0.3, 0.4) is 0 Å². The molecule has 6 nitrogen and oxygen atoms in total. The van der Waals surface area contributed by atoms with Crippen molar-refractivity contribution in [2.45, 2.75) is 393 Å². The summed E-state index contributed by atoms with van der Waals surface area (Å²) in [5.41, 5.74) is 0. The van der Waals surface area contributed by atoms with Gasteiger partial charge < -0.3 is 14.2 Å². The van der Waals surface area contributed by atoms with Crippen LogP contribution in [0.2, 0.25) is 0 Å². The second-order valence-electron chi connectivity index (χ2n) is 22.8. The number of unbranched alkanes of at least 4 members (excludes halogenated alkanes) is 51. The molecule has 428 valence electrons. The summed E-state index contributed by atoms with van der Waals surface area (Å²) in [4.78, 5) is 37.9. The lowest BCUT2D eigenvalue weighted by Gasteiger charge is -2.18. The van der Waals surface area contributed by atoms with E-state index >= 15 is 0 Å². The Balaban J connectivity index is 3.94. The number of ether oxygens (including phenoxy) is 3. The maximum absolute atomic E-state index is 12.8. The fourth-order valence-corrected chi connectivity index (χ4v) is 10.4. The zero-order chi connectivity index (χ0) is 52.2. The van der Waals surface area contributed by atoms with Gasteiger partial charge in [-0.25, -0.2) is 0 Å². The van der Waals surface area contributed by atoms with Crippen LogP contribution < -0.4 is 0 Å². The molecule has 0 bridgehead atoms. The summed E-state index contributed by atoms with van der Waals surface area (Å²) in [6, 6.07) is 0. The van der Waals surface area contributed by atoms with E-state index in [1.54, 1.807) is 0 Å². The molecule has 72 heavy (non-hydrogen) atoms. The highest BCUT2D eigenvalue weighted by Gasteiger charge is 2.19. The van der Waals surface area contributed by atoms with E-state index in [4.69, 9.17) is 14.2 Å². The molecule has 0 saturated carbocycles. The third-order valence-corrected chi connectivity index (χ3v) is 15.4. The average molecular weight is 1020 g/mol. The van der Waals surface area contributed by atoms with Gasteiger partial charge in [-0.05, 0) is 19.3 Å². The predicted molar refractivity (Wildman–Crippen MR) is 312 cm³/mol. The second kappa shape index (κ2) is 62.0. The van der Waals surface area contributed by atoms with Gasteiger partial charge in [0.1, 0.15) is 13.2 Å². The van der Waals surface area contributed by atoms with Crippen molar-refractivity contribution in [3.63, 3.8) is 0 Å². The minimum atomic E-state index is -0.760. The number of hydrogen-bond donors (Lipinski definition) is 0. The van der Waals surface area contributed by atoms with E-state index < -0.39 is 6.10 Å². The number of carbonyl (C=O) groups is 3. The molecule has 0 spiro atoms. The highest BCUT2D eigenvalue weighted by molar-refractivity contribution is 5.71. The molecule has 0 rings (SSSR count). The smallest absolute Gasteiger partial charge is 0.306 e. The summed E-state index contributed by atoms with van der Waals surface area (Å²) in [6.07, 6.45) is 71.8. The molecule has 0 aliphatic carbocycles. The van der Waals surface area contributed by atoms with E-state index in [1.165, 1.54) is 283 Å². The number of hydrogen-bond acceptors (Lipinski definition) is 6. The van der Waals surface area contributed by atoms with Gasteiger partial charge in [-0.2, -0.15) is 0 Å². The van der Waals surface area contributed by atoms with Crippen molar-refractivity contribution in [3.8, 4) is 0 Å². The largest absolute Gasteiger partial charge is 0.462 e. The summed E-state index contributed by atoms with van der Waals surface area (Å²) < 4.78 is 16.8. The van der Waals surface area contributed by atoms with Crippen LogP contribution in [-0.4, -0.2) is 37.2 Å². The Hall–Kier alpha value is -1.59. The Morgan fingerprint density at radius 2 is 0.375 bits per heavy atom. The molecule has 6 heteroatoms. The Morgan fingerprint density at radius 1 is 0.222 bits per heavy atom. The monoisotopic (exact) mass is 1020 g/mol. The van der Waals surface area contributed by atoms with Crippen molar-refractivity contribution < 1.29 is 28.6 Å². The van der Waals surface area contributed by atoms with E-state index in [0.717, 1.165) is 64.2 Å². The standard InChI is InChI=1S/C66H128O6/c1-4-7-10-13-15-17-19-21-23-25-27-29-31-33-35-36-38-40-42-44-46-48-50-53-56-59-65(68)71-62-63(61-70-64(67)58-55-52-12-9-6-3)72-66(69)60-57-54-51-49-47-45-43-41-39-37-34-32-30-28-26-24-22-20-18-16-14-11-8-5-2/h63H,4-62H2,1-3H3. The lowest BCUT2D eigenvalue weighted by molar-refractivity contribution is -0.167. The summed E-state index contributed by atoms with van der Waals surface area (Å²) >= 11 is 0. The quantitative estimate of drug-likeness (QED) is 0.0343. The van der Waals surface area contributed by atoms with Crippen molar-refractivity contribution in [2.24, 2.45) is 0 Å². The molecule has 0 saturated heterocycles. The van der Waals surface area contributed by atoms with Crippen LogP contribution in [0.1, 0.15) is 387 Å². The highest BCUT2D eigenvalue weighted by Crippen LogP contribution is 2.19. The Labute approximate surface area is 450 Å². The SMILES string of the molecule is CCCCCCCCCCCCCCCCCCCCCCCCCCCC(=O)OCC(COC(=O)CCCCCCC)OC(=O)CCCCCCCCCCCCCCCCCCCCCCCCCC. The fraction of sp³-hybridized carbons (Fsp3) is 0.955. The van der Waals surface area contributed by atoms with Crippen LogP contribution in [0.25, 0.3) is 0 Å². The predicted octanol–water partition coefficient (Wildman–Crippen LogP) is 22.3. The maximum atomic E-state index is 12.8. The normalized spacial score (nSPS) is 11.9. The molecule has 0 amide bonds. The van der Waals surface area contributed by atoms with Gasteiger partial charge in [-0.1, -0.05) is 348 Å². The van der Waals surface area contributed by atoms with Crippen molar-refractivity contribution in [2.75, 3.05) is 13.2 Å². The summed E-state index contributed by atoms with van der Waals surface area (Å²) in [6.45, 7) is 6.64. The molecule has 0 radical (unpaired) electrons. The fourth-order valence-electron chi connectivity index (χ4n) is 10.4. The van der Waals surface area contributed by atoms with Crippen LogP contribution in [0.4, 0.5) is 0 Å². The van der Waals surface area contributed by atoms with Gasteiger partial charge in [-0.15, -0.1) is 0 Å². The Bertz CT molecular complexity index is 1080. The minimum Gasteiger partial charge on any atom is -0.462 e. The molecular formula is C66H128O6. The second-order valence-corrected chi connectivity index (χ2v) is 22.8. The molecule has 0 aliphatic heterocycles. The molecule has 0 aromatic carbocycles. The molecule has 0 fully saturated rings. The first-order valence-electron chi connectivity index (χ1n) is 33.0. The lowest BCUT2D eigenvalue weighted by Crippen LogP contribution is -2.30. The number of rotatable bonds is 62. The van der Waals surface area contributed by atoms with Crippen molar-refractivity contribution in [3.05, 3.63) is 0 Å². The zero-order valence-corrected chi connectivity index (χ0v) is 49.2. The topological polar surface area (TPSA) is 78.9 Å². The molecule has 0 aromatic heterocycles. The van der Waals surface area contributed by atoms with Gasteiger partial charge in [0.05, 0.1) is 0 Å². The van der Waals surface area contributed by atoms with Gasteiger partial charge in [0.25, 0.3) is 0 Å². The van der Waals surface area contributed by atoms with Gasteiger partial charge in [0, 0.05) is 19.3 Å². The van der Waals surface area contributed by atoms with Gasteiger partial charge >= 0.3 is 17.9 Å². The van der Waals surface area contributed by atoms with E-state index in [2.05, 4.69) is 20.8 Å². The first-order chi connectivity index (χ1) is 35.5. The van der Waals surface area contributed by atoms with Crippen LogP contribution in [0.15, 0.2) is 0 Å².